The molecule has 0 fully saturated rings. The topological polar surface area (TPSA) is 61.0 Å². The monoisotopic (exact) mass is 259 g/mol. The molecule has 2 N–H and O–H groups in total. The molecular weight excluding hydrogens is 254 g/mol. The Bertz CT molecular complexity index is 377. The number of nitrogen functional groups attached to an aromatic ring is 1. The van der Waals surface area contributed by atoms with Gasteiger partial charge in [0.25, 0.3) is 0 Å². The second kappa shape index (κ2) is 4.69. The van der Waals surface area contributed by atoms with E-state index in [0.29, 0.717) is 0 Å². The van der Waals surface area contributed by atoms with E-state index < -0.39 is 24.8 Å². The van der Waals surface area contributed by atoms with Gasteiger partial charge < -0.3 is 10.5 Å². The van der Waals surface area contributed by atoms with Gasteiger partial charge in [-0.15, -0.1) is 0 Å². The first-order valence-corrected chi connectivity index (χ1v) is 4.27. The van der Waals surface area contributed by atoms with E-state index in [1.165, 1.54) is 0 Å². The molecule has 1 aromatic heterocycles. The lowest BCUT2D eigenvalue weighted by molar-refractivity contribution is -0.148. The number of nitrogens with two attached hydrogens (primary N) is 1. The summed E-state index contributed by atoms with van der Waals surface area (Å²) in [7, 11) is 0. The van der Waals surface area contributed by atoms with Crippen LogP contribution in [0.2, 0.25) is 5.28 Å². The average molecular weight is 260 g/mol. The first-order valence-electron chi connectivity index (χ1n) is 3.89. The van der Waals surface area contributed by atoms with E-state index >= 15 is 0 Å². The van der Waals surface area contributed by atoms with Crippen molar-refractivity contribution in [3.63, 3.8) is 0 Å². The van der Waals surface area contributed by atoms with Crippen LogP contribution in [0.15, 0.2) is 6.20 Å². The molecule has 0 aromatic carbocycles. The summed E-state index contributed by atoms with van der Waals surface area (Å²) in [6, 6.07) is 0. The molecule has 1 heterocycles. The van der Waals surface area contributed by atoms with E-state index in [1.807, 2.05) is 0 Å². The quantitative estimate of drug-likeness (QED) is 0.663. The van der Waals surface area contributed by atoms with Crippen molar-refractivity contribution >= 4 is 17.3 Å². The van der Waals surface area contributed by atoms with Gasteiger partial charge in [-0.3, -0.25) is 0 Å². The first-order chi connectivity index (χ1) is 7.33. The van der Waals surface area contributed by atoms with Crippen LogP contribution < -0.4 is 10.5 Å². The third kappa shape index (κ3) is 3.09. The molecule has 0 amide bonds. The summed E-state index contributed by atoms with van der Waals surface area (Å²) in [5.41, 5.74) is 5.08. The lowest BCUT2D eigenvalue weighted by atomic mass is 10.4. The van der Waals surface area contributed by atoms with Crippen molar-refractivity contribution in [2.75, 3.05) is 12.3 Å². The molecule has 0 radical (unpaired) electrons. The third-order valence-corrected chi connectivity index (χ3v) is 1.65. The number of hydrogen-bond donors (Lipinski definition) is 1. The number of nitrogens with zero attached hydrogens (tertiary/aromatic N) is 2. The largest absolute Gasteiger partial charge is 0.469 e. The van der Waals surface area contributed by atoms with Crippen LogP contribution in [0.3, 0.4) is 0 Å². The zero-order valence-electron chi connectivity index (χ0n) is 7.63. The zero-order chi connectivity index (χ0) is 12.3. The Morgan fingerprint density at radius 2 is 2.12 bits per heavy atom. The number of hydrogen-bond acceptors (Lipinski definition) is 4. The Morgan fingerprint density at radius 3 is 2.69 bits per heavy atom. The highest BCUT2D eigenvalue weighted by atomic mass is 35.5. The van der Waals surface area contributed by atoms with E-state index in [-0.39, 0.29) is 11.0 Å². The number of rotatable bonds is 4. The van der Waals surface area contributed by atoms with Crippen molar-refractivity contribution in [3.8, 4) is 5.88 Å². The summed E-state index contributed by atoms with van der Waals surface area (Å²) in [4.78, 5) is 6.80. The van der Waals surface area contributed by atoms with Crippen LogP contribution in [0.5, 0.6) is 5.88 Å². The fourth-order valence-electron chi connectivity index (χ4n) is 0.698. The van der Waals surface area contributed by atoms with Crippen LogP contribution in [0, 0.1) is 0 Å². The Morgan fingerprint density at radius 1 is 1.50 bits per heavy atom. The molecule has 9 heteroatoms. The molecule has 1 aromatic rings. The number of halogens is 5. The van der Waals surface area contributed by atoms with Crippen molar-refractivity contribution in [1.82, 2.24) is 9.97 Å². The second-order valence-corrected chi connectivity index (χ2v) is 3.09. The highest BCUT2D eigenvalue weighted by Gasteiger charge is 2.42. The van der Waals surface area contributed by atoms with Gasteiger partial charge in [0.15, 0.2) is 6.61 Å². The summed E-state index contributed by atoms with van der Waals surface area (Å²) < 4.78 is 52.8. The molecule has 90 valence electrons. The maximum Gasteiger partial charge on any atom is 0.340 e. The van der Waals surface area contributed by atoms with Crippen molar-refractivity contribution < 1.29 is 22.3 Å². The van der Waals surface area contributed by atoms with E-state index in [9.17, 15) is 17.6 Å². The maximum atomic E-state index is 12.5. The zero-order valence-corrected chi connectivity index (χ0v) is 8.39. The van der Waals surface area contributed by atoms with E-state index in [4.69, 9.17) is 17.3 Å². The summed E-state index contributed by atoms with van der Waals surface area (Å²) >= 11 is 5.34. The van der Waals surface area contributed by atoms with Crippen molar-refractivity contribution in [3.05, 3.63) is 11.5 Å². The predicted molar refractivity (Wildman–Crippen MR) is 47.9 cm³/mol. The average Bonchev–Trinajstić information content (AvgIpc) is 2.19. The number of ether oxygens (including phenoxy) is 1. The van der Waals surface area contributed by atoms with Crippen molar-refractivity contribution in [2.24, 2.45) is 0 Å². The number of aromatic nitrogens is 2. The molecular formula is C7H6ClF4N3O. The molecule has 0 saturated carbocycles. The van der Waals surface area contributed by atoms with Crippen LogP contribution >= 0.6 is 11.6 Å². The minimum atomic E-state index is -4.27. The summed E-state index contributed by atoms with van der Waals surface area (Å²) in [5, 5.41) is -0.287. The standard InChI is InChI=1S/C7H6ClF4N3O/c8-6-14-1-3(13)4(15-6)16-2-7(11,12)5(9)10/h1,5H,2,13H2. The molecule has 0 spiro atoms. The van der Waals surface area contributed by atoms with E-state index in [2.05, 4.69) is 14.7 Å². The molecule has 16 heavy (non-hydrogen) atoms. The molecule has 0 atom stereocenters. The Kier molecular flexibility index (Phi) is 3.74. The van der Waals surface area contributed by atoms with Gasteiger partial charge in [-0.25, -0.2) is 13.8 Å². The lowest BCUT2D eigenvalue weighted by Crippen LogP contribution is -2.34. The highest BCUT2D eigenvalue weighted by Crippen LogP contribution is 2.25. The summed E-state index contributed by atoms with van der Waals surface area (Å²) in [5.74, 6) is -4.73. The van der Waals surface area contributed by atoms with Crippen LogP contribution in [-0.4, -0.2) is 28.9 Å². The predicted octanol–water partition coefficient (Wildman–Crippen LogP) is 1.99. The van der Waals surface area contributed by atoms with Crippen molar-refractivity contribution in [2.45, 2.75) is 12.3 Å². The fourth-order valence-corrected chi connectivity index (χ4v) is 0.824. The van der Waals surface area contributed by atoms with E-state index in [1.54, 1.807) is 0 Å². The van der Waals surface area contributed by atoms with Gasteiger partial charge in [0.2, 0.25) is 11.2 Å². The van der Waals surface area contributed by atoms with Crippen LogP contribution in [0.4, 0.5) is 23.2 Å². The second-order valence-electron chi connectivity index (χ2n) is 2.75. The van der Waals surface area contributed by atoms with Gasteiger partial charge >= 0.3 is 12.3 Å². The third-order valence-electron chi connectivity index (χ3n) is 1.47. The van der Waals surface area contributed by atoms with Crippen LogP contribution in [-0.2, 0) is 0 Å². The Balaban J connectivity index is 2.71. The molecule has 0 unspecified atom stereocenters. The SMILES string of the molecule is Nc1cnc(Cl)nc1OCC(F)(F)C(F)F. The van der Waals surface area contributed by atoms with Gasteiger partial charge in [-0.05, 0) is 11.6 Å². The smallest absolute Gasteiger partial charge is 0.340 e. The summed E-state index contributed by atoms with van der Waals surface area (Å²) in [6.07, 6.45) is -2.81. The minimum Gasteiger partial charge on any atom is -0.469 e. The molecule has 1 rings (SSSR count). The lowest BCUT2D eigenvalue weighted by Gasteiger charge is -2.15. The maximum absolute atomic E-state index is 12.5. The van der Waals surface area contributed by atoms with Gasteiger partial charge in [0.1, 0.15) is 5.69 Å². The molecule has 0 aliphatic rings. The van der Waals surface area contributed by atoms with E-state index in [0.717, 1.165) is 6.20 Å². The minimum absolute atomic E-state index is 0.172. The highest BCUT2D eigenvalue weighted by molar-refractivity contribution is 6.28. The molecule has 0 aliphatic heterocycles. The molecule has 0 bridgehead atoms. The molecule has 0 saturated heterocycles. The molecule has 0 aliphatic carbocycles. The van der Waals surface area contributed by atoms with Crippen LogP contribution in [0.25, 0.3) is 0 Å². The Labute approximate surface area is 92.4 Å². The van der Waals surface area contributed by atoms with Crippen LogP contribution in [0.1, 0.15) is 0 Å². The Hall–Kier alpha value is -1.31. The van der Waals surface area contributed by atoms with Gasteiger partial charge in [-0.2, -0.15) is 13.8 Å². The van der Waals surface area contributed by atoms with Gasteiger partial charge in [0, 0.05) is 0 Å². The molecule has 4 nitrogen and oxygen atoms in total. The fraction of sp³-hybridized carbons (Fsp3) is 0.429. The van der Waals surface area contributed by atoms with Gasteiger partial charge in [0.05, 0.1) is 6.20 Å². The normalized spacial score (nSPS) is 11.9. The van der Waals surface area contributed by atoms with Gasteiger partial charge in [-0.1, -0.05) is 0 Å². The first kappa shape index (κ1) is 12.8. The summed E-state index contributed by atoms with van der Waals surface area (Å²) in [6.45, 7) is -1.54. The van der Waals surface area contributed by atoms with Crippen molar-refractivity contribution in [1.29, 1.82) is 0 Å². The number of alkyl halides is 4. The number of anilines is 1.